The van der Waals surface area contributed by atoms with Gasteiger partial charge in [-0.25, -0.2) is 9.69 Å². The van der Waals surface area contributed by atoms with Crippen LogP contribution in [0.1, 0.15) is 41.0 Å². The Morgan fingerprint density at radius 2 is 2.00 bits per heavy atom. The zero-order chi connectivity index (χ0) is 14.7. The Morgan fingerprint density at radius 3 is 2.37 bits per heavy atom. The Labute approximate surface area is 115 Å². The Morgan fingerprint density at radius 1 is 1.42 bits per heavy atom. The molecule has 5 nitrogen and oxygen atoms in total. The number of urea groups is 1. The topological polar surface area (TPSA) is 53.0 Å². The van der Waals surface area contributed by atoms with Gasteiger partial charge >= 0.3 is 6.03 Å². The molecule has 1 atom stereocenters. The van der Waals surface area contributed by atoms with Crippen molar-refractivity contribution in [3.05, 3.63) is 11.6 Å². The number of imide groups is 1. The van der Waals surface area contributed by atoms with Gasteiger partial charge in [0.15, 0.2) is 0 Å². The van der Waals surface area contributed by atoms with Crippen molar-refractivity contribution in [3.63, 3.8) is 0 Å². The average molecular weight is 263 g/mol. The van der Waals surface area contributed by atoms with E-state index in [9.17, 15) is 9.59 Å². The number of allylic oxidation sites excluding steroid dienone is 1. The summed E-state index contributed by atoms with van der Waals surface area (Å²) in [4.78, 5) is 31.6. The third kappa shape index (κ3) is 3.25. The second-order valence-corrected chi connectivity index (χ2v) is 5.29. The molecular weight excluding hydrogens is 241 g/mol. The molecule has 0 N–H and O–H groups in total. The smallest absolute Gasteiger partial charge is 0.320 e. The van der Waals surface area contributed by atoms with E-state index in [4.69, 9.17) is 0 Å². The lowest BCUT2D eigenvalue weighted by Gasteiger charge is -2.16. The van der Waals surface area contributed by atoms with Crippen molar-refractivity contribution < 1.29 is 9.59 Å². The molecule has 1 rings (SSSR count). The molecule has 0 aromatic heterocycles. The second kappa shape index (κ2) is 6.04. The summed E-state index contributed by atoms with van der Waals surface area (Å²) in [6, 6.07) is -0.652. The molecule has 0 bridgehead atoms. The van der Waals surface area contributed by atoms with Gasteiger partial charge in [-0.2, -0.15) is 0 Å². The maximum Gasteiger partial charge on any atom is 0.320 e. The largest absolute Gasteiger partial charge is 0.364 e. The number of carbonyl (C=O) groups excluding carboxylic acids is 2. The van der Waals surface area contributed by atoms with Crippen molar-refractivity contribution >= 4 is 25.8 Å². The predicted octanol–water partition coefficient (Wildman–Crippen LogP) is 1.35. The zero-order valence-electron chi connectivity index (χ0n) is 12.6. The third-order valence-electron chi connectivity index (χ3n) is 2.89. The van der Waals surface area contributed by atoms with Crippen LogP contribution >= 0.6 is 0 Å². The van der Waals surface area contributed by atoms with Crippen LogP contribution in [-0.2, 0) is 4.79 Å². The van der Waals surface area contributed by atoms with Crippen LogP contribution in [0.15, 0.2) is 16.6 Å². The van der Waals surface area contributed by atoms with Crippen molar-refractivity contribution in [1.82, 2.24) is 9.71 Å². The molecule has 0 aromatic rings. The highest BCUT2D eigenvalue weighted by Gasteiger charge is 2.43. The van der Waals surface area contributed by atoms with Crippen molar-refractivity contribution in [3.8, 4) is 0 Å². The summed E-state index contributed by atoms with van der Waals surface area (Å²) in [5.41, 5.74) is 1.00. The summed E-state index contributed by atoms with van der Waals surface area (Å²) in [5, 5.41) is 0. The van der Waals surface area contributed by atoms with Crippen molar-refractivity contribution in [1.29, 1.82) is 0 Å². The molecule has 19 heavy (non-hydrogen) atoms. The van der Waals surface area contributed by atoms with Crippen LogP contribution in [0.2, 0.25) is 0 Å². The number of hydrogen-bond donors (Lipinski definition) is 0. The summed E-state index contributed by atoms with van der Waals surface area (Å²) < 4.78 is 0. The summed E-state index contributed by atoms with van der Waals surface area (Å²) in [6.45, 7) is 9.58. The average Bonchev–Trinajstić information content (AvgIpc) is 2.48. The first-order chi connectivity index (χ1) is 8.79. The Hall–Kier alpha value is -1.59. The summed E-state index contributed by atoms with van der Waals surface area (Å²) in [5.74, 6) is 0.250. The standard InChI is InChI=1S/C13H22BN3O2/c1-6-10-12(18)16(13(19)17(10)14)11(7-8(2)3)15-9(4)5/h7,9-10H,6,14H2,1-5H3/b15-11+/t10-/m1/s1. The maximum atomic E-state index is 12.3. The van der Waals surface area contributed by atoms with E-state index in [1.165, 1.54) is 9.71 Å². The molecule has 0 unspecified atom stereocenters. The number of carbonyl (C=O) groups is 2. The van der Waals surface area contributed by atoms with Crippen LogP contribution in [0.4, 0.5) is 4.79 Å². The summed E-state index contributed by atoms with van der Waals surface area (Å²) >= 11 is 0. The van der Waals surface area contributed by atoms with E-state index in [0.29, 0.717) is 12.3 Å². The van der Waals surface area contributed by atoms with Gasteiger partial charge in [-0.05, 0) is 40.2 Å². The van der Waals surface area contributed by atoms with Crippen LogP contribution in [-0.4, -0.2) is 47.5 Å². The van der Waals surface area contributed by atoms with Crippen molar-refractivity contribution in [2.75, 3.05) is 0 Å². The Balaban J connectivity index is 3.21. The fraction of sp³-hybridized carbons (Fsp3) is 0.615. The lowest BCUT2D eigenvalue weighted by molar-refractivity contribution is -0.125. The quantitative estimate of drug-likeness (QED) is 0.334. The highest BCUT2D eigenvalue weighted by atomic mass is 16.2. The lowest BCUT2D eigenvalue weighted by Crippen LogP contribution is -2.37. The van der Waals surface area contributed by atoms with Gasteiger partial charge in [-0.1, -0.05) is 12.5 Å². The molecule has 104 valence electrons. The van der Waals surface area contributed by atoms with Crippen LogP contribution in [0.3, 0.4) is 0 Å². The second-order valence-electron chi connectivity index (χ2n) is 5.29. The highest BCUT2D eigenvalue weighted by molar-refractivity contribution is 6.28. The van der Waals surface area contributed by atoms with Gasteiger partial charge in [0, 0.05) is 6.04 Å². The van der Waals surface area contributed by atoms with Gasteiger partial charge in [0.05, 0.1) is 0 Å². The van der Waals surface area contributed by atoms with Crippen LogP contribution in [0.25, 0.3) is 0 Å². The van der Waals surface area contributed by atoms with Crippen LogP contribution in [0.5, 0.6) is 0 Å². The molecule has 6 heteroatoms. The molecule has 1 saturated heterocycles. The Bertz CT molecular complexity index is 439. The van der Waals surface area contributed by atoms with Gasteiger partial charge in [0.2, 0.25) is 7.98 Å². The molecule has 1 aliphatic heterocycles. The van der Waals surface area contributed by atoms with Gasteiger partial charge < -0.3 is 4.81 Å². The third-order valence-corrected chi connectivity index (χ3v) is 2.89. The van der Waals surface area contributed by atoms with Crippen molar-refractivity contribution in [2.24, 2.45) is 4.99 Å². The van der Waals surface area contributed by atoms with Gasteiger partial charge in [-0.3, -0.25) is 9.79 Å². The molecule has 3 amide bonds. The number of hydrogen-bond acceptors (Lipinski definition) is 3. The molecule has 0 aliphatic carbocycles. The number of rotatable bonds is 3. The molecule has 1 heterocycles. The molecule has 1 fully saturated rings. The van der Waals surface area contributed by atoms with Crippen LogP contribution in [0, 0.1) is 0 Å². The van der Waals surface area contributed by atoms with E-state index in [1.807, 2.05) is 34.6 Å². The van der Waals surface area contributed by atoms with E-state index >= 15 is 0 Å². The minimum absolute atomic E-state index is 0.0252. The van der Waals surface area contributed by atoms with E-state index in [-0.39, 0.29) is 24.0 Å². The van der Waals surface area contributed by atoms with Gasteiger partial charge in [0.25, 0.3) is 5.91 Å². The van der Waals surface area contributed by atoms with E-state index in [1.54, 1.807) is 14.1 Å². The van der Waals surface area contributed by atoms with Gasteiger partial charge in [0.1, 0.15) is 11.9 Å². The van der Waals surface area contributed by atoms with E-state index in [0.717, 1.165) is 5.57 Å². The SMILES string of the molecule is BN1C(=O)N(/C(C=C(C)C)=N/C(C)C)C(=O)[C@H]1CC. The Kier molecular flexibility index (Phi) is 4.92. The number of nitrogens with zero attached hydrogens (tertiary/aromatic N) is 3. The maximum absolute atomic E-state index is 12.3. The monoisotopic (exact) mass is 263 g/mol. The molecule has 0 aromatic carbocycles. The first-order valence-electron chi connectivity index (χ1n) is 6.63. The molecule has 0 spiro atoms. The summed E-state index contributed by atoms with van der Waals surface area (Å²) in [6.07, 6.45) is 2.39. The molecule has 0 radical (unpaired) electrons. The zero-order valence-corrected chi connectivity index (χ0v) is 12.6. The number of amides is 3. The molecular formula is C13H22BN3O2. The lowest BCUT2D eigenvalue weighted by atomic mass is 10.1. The fourth-order valence-electron chi connectivity index (χ4n) is 2.04. The molecule has 0 saturated carbocycles. The summed E-state index contributed by atoms with van der Waals surface area (Å²) in [7, 11) is 1.66. The minimum Gasteiger partial charge on any atom is -0.364 e. The number of amidine groups is 1. The number of aliphatic imine (C=N–C) groups is 1. The first kappa shape index (κ1) is 15.5. The van der Waals surface area contributed by atoms with Crippen molar-refractivity contribution in [2.45, 2.75) is 53.1 Å². The van der Waals surface area contributed by atoms with E-state index < -0.39 is 0 Å². The molecule has 1 aliphatic rings. The first-order valence-corrected chi connectivity index (χ1v) is 6.63. The highest BCUT2D eigenvalue weighted by Crippen LogP contribution is 2.19. The minimum atomic E-state index is -0.379. The fourth-order valence-corrected chi connectivity index (χ4v) is 2.04. The predicted molar refractivity (Wildman–Crippen MR) is 78.7 cm³/mol. The normalized spacial score (nSPS) is 20.5. The van der Waals surface area contributed by atoms with Gasteiger partial charge in [-0.15, -0.1) is 0 Å². The van der Waals surface area contributed by atoms with Crippen LogP contribution < -0.4 is 0 Å². The van der Waals surface area contributed by atoms with E-state index in [2.05, 4.69) is 4.99 Å².